The number of hydrogen-bond acceptors (Lipinski definition) is 3. The van der Waals surface area contributed by atoms with Gasteiger partial charge in [-0.05, 0) is 43.2 Å². The zero-order chi connectivity index (χ0) is 21.1. The highest BCUT2D eigenvalue weighted by Crippen LogP contribution is 2.31. The number of alkyl halides is 3. The Morgan fingerprint density at radius 3 is 2.57 bits per heavy atom. The van der Waals surface area contributed by atoms with Crippen LogP contribution in [-0.4, -0.2) is 30.1 Å². The van der Waals surface area contributed by atoms with Crippen molar-refractivity contribution >= 4 is 28.3 Å². The van der Waals surface area contributed by atoms with E-state index in [9.17, 15) is 18.0 Å². The monoisotopic (exact) mass is 414 g/mol. The Bertz CT molecular complexity index is 1040. The third-order valence-corrected chi connectivity index (χ3v) is 5.24. The number of halogens is 3. The predicted molar refractivity (Wildman–Crippen MR) is 111 cm³/mol. The van der Waals surface area contributed by atoms with Gasteiger partial charge in [0.1, 0.15) is 0 Å². The highest BCUT2D eigenvalue weighted by Gasteiger charge is 2.30. The lowest BCUT2D eigenvalue weighted by Crippen LogP contribution is -2.46. The van der Waals surface area contributed by atoms with Crippen LogP contribution >= 0.6 is 0 Å². The summed E-state index contributed by atoms with van der Waals surface area (Å²) in [6.45, 7) is 1.53. The fourth-order valence-electron chi connectivity index (χ4n) is 3.75. The van der Waals surface area contributed by atoms with E-state index in [0.29, 0.717) is 0 Å². The van der Waals surface area contributed by atoms with Crippen LogP contribution in [0.25, 0.3) is 10.9 Å². The van der Waals surface area contributed by atoms with E-state index in [-0.39, 0.29) is 11.7 Å². The van der Waals surface area contributed by atoms with Gasteiger partial charge < -0.3 is 15.5 Å². The fraction of sp³-hybridized carbons (Fsp3) is 0.273. The SMILES string of the molecule is O=C(Nc1cccc(C(F)(F)F)c1)NC1CCN(c2ccnc3ccccc23)CC1. The van der Waals surface area contributed by atoms with Crippen molar-refractivity contribution in [1.82, 2.24) is 10.3 Å². The van der Waals surface area contributed by atoms with Crippen LogP contribution in [0.2, 0.25) is 0 Å². The molecule has 1 saturated heterocycles. The van der Waals surface area contributed by atoms with Gasteiger partial charge in [0, 0.05) is 42.1 Å². The lowest BCUT2D eigenvalue weighted by atomic mass is 10.0. The molecule has 3 aromatic rings. The minimum absolute atomic E-state index is 0.0415. The van der Waals surface area contributed by atoms with Crippen LogP contribution in [0.5, 0.6) is 0 Å². The molecule has 1 fully saturated rings. The molecule has 2 heterocycles. The summed E-state index contributed by atoms with van der Waals surface area (Å²) in [4.78, 5) is 18.9. The highest BCUT2D eigenvalue weighted by molar-refractivity contribution is 5.91. The van der Waals surface area contributed by atoms with Crippen LogP contribution in [0.1, 0.15) is 18.4 Å². The smallest absolute Gasteiger partial charge is 0.371 e. The summed E-state index contributed by atoms with van der Waals surface area (Å²) in [5.74, 6) is 0. The Kier molecular flexibility index (Phi) is 5.48. The van der Waals surface area contributed by atoms with Gasteiger partial charge in [0.15, 0.2) is 0 Å². The van der Waals surface area contributed by atoms with Gasteiger partial charge in [0.25, 0.3) is 0 Å². The van der Waals surface area contributed by atoms with E-state index < -0.39 is 17.8 Å². The summed E-state index contributed by atoms with van der Waals surface area (Å²) in [7, 11) is 0. The number of carbonyl (C=O) groups excluding carboxylic acids is 1. The number of carbonyl (C=O) groups is 1. The van der Waals surface area contributed by atoms with Crippen LogP contribution in [-0.2, 0) is 6.18 Å². The van der Waals surface area contributed by atoms with Crippen LogP contribution in [0.15, 0.2) is 60.8 Å². The summed E-state index contributed by atoms with van der Waals surface area (Å²) in [6.07, 6.45) is -1.16. The first kappa shape index (κ1) is 20.0. The quantitative estimate of drug-likeness (QED) is 0.631. The molecule has 1 aromatic heterocycles. The van der Waals surface area contributed by atoms with Gasteiger partial charge in [-0.2, -0.15) is 13.2 Å². The Morgan fingerprint density at radius 2 is 1.80 bits per heavy atom. The van der Waals surface area contributed by atoms with Gasteiger partial charge in [-0.1, -0.05) is 24.3 Å². The largest absolute Gasteiger partial charge is 0.416 e. The molecule has 0 radical (unpaired) electrons. The summed E-state index contributed by atoms with van der Waals surface area (Å²) in [5.41, 5.74) is 1.38. The number of aromatic nitrogens is 1. The Balaban J connectivity index is 1.34. The lowest BCUT2D eigenvalue weighted by Gasteiger charge is -2.34. The molecule has 2 amide bonds. The van der Waals surface area contributed by atoms with Crippen molar-refractivity contribution in [3.8, 4) is 0 Å². The normalized spacial score (nSPS) is 15.2. The Labute approximate surface area is 171 Å². The zero-order valence-electron chi connectivity index (χ0n) is 16.1. The first-order valence-corrected chi connectivity index (χ1v) is 9.73. The first-order chi connectivity index (χ1) is 14.4. The number of piperidine rings is 1. The number of para-hydroxylation sites is 1. The van der Waals surface area contributed by atoms with E-state index >= 15 is 0 Å². The van der Waals surface area contributed by atoms with Crippen molar-refractivity contribution in [1.29, 1.82) is 0 Å². The molecule has 0 bridgehead atoms. The highest BCUT2D eigenvalue weighted by atomic mass is 19.4. The van der Waals surface area contributed by atoms with E-state index in [1.54, 1.807) is 6.20 Å². The number of nitrogens with one attached hydrogen (secondary N) is 2. The van der Waals surface area contributed by atoms with Crippen molar-refractivity contribution in [2.45, 2.75) is 25.1 Å². The van der Waals surface area contributed by atoms with Crippen LogP contribution in [0.3, 0.4) is 0 Å². The second-order valence-electron chi connectivity index (χ2n) is 7.29. The minimum Gasteiger partial charge on any atom is -0.371 e. The number of benzene rings is 2. The maximum Gasteiger partial charge on any atom is 0.416 e. The second kappa shape index (κ2) is 8.22. The maximum atomic E-state index is 12.8. The van der Waals surface area contributed by atoms with E-state index in [2.05, 4.69) is 20.5 Å². The molecule has 1 aliphatic heterocycles. The molecular weight excluding hydrogens is 393 g/mol. The molecule has 0 spiro atoms. The van der Waals surface area contributed by atoms with E-state index in [4.69, 9.17) is 0 Å². The molecule has 4 rings (SSSR count). The summed E-state index contributed by atoms with van der Waals surface area (Å²) >= 11 is 0. The minimum atomic E-state index is -4.45. The Morgan fingerprint density at radius 1 is 1.03 bits per heavy atom. The number of urea groups is 1. The molecule has 156 valence electrons. The molecule has 2 aromatic carbocycles. The predicted octanol–water partition coefficient (Wildman–Crippen LogP) is 5.04. The van der Waals surface area contributed by atoms with Gasteiger partial charge in [0.05, 0.1) is 11.1 Å². The number of pyridine rings is 1. The molecule has 5 nitrogen and oxygen atoms in total. The van der Waals surface area contributed by atoms with E-state index in [1.807, 2.05) is 30.3 Å². The van der Waals surface area contributed by atoms with Gasteiger partial charge >= 0.3 is 12.2 Å². The molecule has 1 aliphatic rings. The van der Waals surface area contributed by atoms with Crippen molar-refractivity contribution < 1.29 is 18.0 Å². The van der Waals surface area contributed by atoms with Gasteiger partial charge in [-0.3, -0.25) is 4.98 Å². The number of amides is 2. The molecule has 2 N–H and O–H groups in total. The van der Waals surface area contributed by atoms with Gasteiger partial charge in [0.2, 0.25) is 0 Å². The molecule has 8 heteroatoms. The second-order valence-corrected chi connectivity index (χ2v) is 7.29. The van der Waals surface area contributed by atoms with Crippen LogP contribution in [0.4, 0.5) is 29.3 Å². The van der Waals surface area contributed by atoms with E-state index in [0.717, 1.165) is 54.7 Å². The molecular formula is C22H21F3N4O. The average Bonchev–Trinajstić information content (AvgIpc) is 2.73. The Hall–Kier alpha value is -3.29. The van der Waals surface area contributed by atoms with Gasteiger partial charge in [-0.15, -0.1) is 0 Å². The van der Waals surface area contributed by atoms with Gasteiger partial charge in [-0.25, -0.2) is 4.79 Å². The number of hydrogen-bond donors (Lipinski definition) is 2. The first-order valence-electron chi connectivity index (χ1n) is 9.73. The van der Waals surface area contributed by atoms with Crippen molar-refractivity contribution in [3.63, 3.8) is 0 Å². The summed E-state index contributed by atoms with van der Waals surface area (Å²) in [5, 5.41) is 6.45. The summed E-state index contributed by atoms with van der Waals surface area (Å²) in [6, 6.07) is 14.0. The van der Waals surface area contributed by atoms with Crippen molar-refractivity contribution in [2.24, 2.45) is 0 Å². The van der Waals surface area contributed by atoms with E-state index in [1.165, 1.54) is 12.1 Å². The fourth-order valence-corrected chi connectivity index (χ4v) is 3.75. The molecule has 30 heavy (non-hydrogen) atoms. The summed E-state index contributed by atoms with van der Waals surface area (Å²) < 4.78 is 38.4. The third kappa shape index (κ3) is 4.48. The van der Waals surface area contributed by atoms with Crippen LogP contribution < -0.4 is 15.5 Å². The molecule has 0 unspecified atom stereocenters. The molecule has 0 aliphatic carbocycles. The maximum absolute atomic E-state index is 12.8. The topological polar surface area (TPSA) is 57.3 Å². The number of rotatable bonds is 3. The third-order valence-electron chi connectivity index (χ3n) is 5.24. The molecule has 0 atom stereocenters. The zero-order valence-corrected chi connectivity index (χ0v) is 16.1. The average molecular weight is 414 g/mol. The number of nitrogens with zero attached hydrogens (tertiary/aromatic N) is 2. The molecule has 0 saturated carbocycles. The standard InChI is InChI=1S/C22H21F3N4O/c23-22(24,25)15-4-3-5-17(14-15)28-21(30)27-16-9-12-29(13-10-16)20-8-11-26-19-7-2-1-6-18(19)20/h1-8,11,14,16H,9-10,12-13H2,(H2,27,28,30). The van der Waals surface area contributed by atoms with Crippen molar-refractivity contribution in [3.05, 3.63) is 66.4 Å². The van der Waals surface area contributed by atoms with Crippen molar-refractivity contribution in [2.75, 3.05) is 23.3 Å². The van der Waals surface area contributed by atoms with Crippen LogP contribution in [0, 0.1) is 0 Å². The lowest BCUT2D eigenvalue weighted by molar-refractivity contribution is -0.137. The number of fused-ring (bicyclic) bond motifs is 1. The number of anilines is 2.